The summed E-state index contributed by atoms with van der Waals surface area (Å²) < 4.78 is 28.3. The van der Waals surface area contributed by atoms with Gasteiger partial charge in [-0.25, -0.2) is 8.42 Å². The van der Waals surface area contributed by atoms with Gasteiger partial charge in [-0.05, 0) is 55.5 Å². The topological polar surface area (TPSA) is 72.5 Å². The molecule has 2 aromatic rings. The minimum absolute atomic E-state index is 0.197. The van der Waals surface area contributed by atoms with Crippen LogP contribution in [0.1, 0.15) is 6.92 Å². The van der Waals surface area contributed by atoms with Gasteiger partial charge in [0.2, 0.25) is 0 Å². The fourth-order valence-electron chi connectivity index (χ4n) is 1.80. The number of carbonyl (C=O) groups is 1. The summed E-state index contributed by atoms with van der Waals surface area (Å²) in [5, 5.41) is 3.29. The highest BCUT2D eigenvalue weighted by molar-refractivity contribution is 7.90. The molecule has 0 fully saturated rings. The zero-order chi connectivity index (χ0) is 17.0. The monoisotopic (exact) mass is 353 g/mol. The molecule has 0 radical (unpaired) electrons. The lowest BCUT2D eigenvalue weighted by molar-refractivity contribution is -0.122. The Hall–Kier alpha value is -2.05. The van der Waals surface area contributed by atoms with Crippen molar-refractivity contribution in [3.8, 4) is 5.75 Å². The third-order valence-electron chi connectivity index (χ3n) is 3.05. The van der Waals surface area contributed by atoms with Crippen molar-refractivity contribution in [2.24, 2.45) is 0 Å². The summed E-state index contributed by atoms with van der Waals surface area (Å²) >= 11 is 5.78. The van der Waals surface area contributed by atoms with Gasteiger partial charge in [0, 0.05) is 17.0 Å². The second-order valence-corrected chi connectivity index (χ2v) is 7.45. The van der Waals surface area contributed by atoms with Gasteiger partial charge in [0.05, 0.1) is 4.90 Å². The lowest BCUT2D eigenvalue weighted by Gasteiger charge is -2.15. The van der Waals surface area contributed by atoms with Crippen molar-refractivity contribution in [3.63, 3.8) is 0 Å². The van der Waals surface area contributed by atoms with Crippen LogP contribution in [0, 0.1) is 0 Å². The zero-order valence-electron chi connectivity index (χ0n) is 12.6. The molecule has 7 heteroatoms. The molecule has 0 spiro atoms. The molecule has 23 heavy (non-hydrogen) atoms. The van der Waals surface area contributed by atoms with Crippen LogP contribution in [-0.4, -0.2) is 26.7 Å². The van der Waals surface area contributed by atoms with Crippen molar-refractivity contribution in [2.75, 3.05) is 11.6 Å². The van der Waals surface area contributed by atoms with Gasteiger partial charge in [0.15, 0.2) is 15.9 Å². The Morgan fingerprint density at radius 1 is 1.09 bits per heavy atom. The predicted octanol–water partition coefficient (Wildman–Crippen LogP) is 3.15. The van der Waals surface area contributed by atoms with Crippen molar-refractivity contribution < 1.29 is 17.9 Å². The van der Waals surface area contributed by atoms with E-state index in [1.807, 2.05) is 0 Å². The highest BCUT2D eigenvalue weighted by Gasteiger charge is 2.15. The molecule has 0 aliphatic carbocycles. The molecule has 0 bridgehead atoms. The third-order valence-corrected chi connectivity index (χ3v) is 4.43. The van der Waals surface area contributed by atoms with E-state index in [0.717, 1.165) is 6.26 Å². The second kappa shape index (κ2) is 7.02. The first-order valence-corrected chi connectivity index (χ1v) is 9.06. The summed E-state index contributed by atoms with van der Waals surface area (Å²) in [6.07, 6.45) is 0.389. The van der Waals surface area contributed by atoms with Crippen molar-refractivity contribution in [1.82, 2.24) is 0 Å². The minimum Gasteiger partial charge on any atom is -0.481 e. The van der Waals surface area contributed by atoms with Crippen molar-refractivity contribution >= 4 is 33.0 Å². The van der Waals surface area contributed by atoms with E-state index in [4.69, 9.17) is 16.3 Å². The molecular weight excluding hydrogens is 338 g/mol. The van der Waals surface area contributed by atoms with Crippen LogP contribution >= 0.6 is 11.6 Å². The number of hydrogen-bond acceptors (Lipinski definition) is 4. The quantitative estimate of drug-likeness (QED) is 0.896. The Bertz CT molecular complexity index is 786. The van der Waals surface area contributed by atoms with Crippen molar-refractivity contribution in [3.05, 3.63) is 53.6 Å². The lowest BCUT2D eigenvalue weighted by Crippen LogP contribution is -2.30. The lowest BCUT2D eigenvalue weighted by atomic mass is 10.3. The van der Waals surface area contributed by atoms with E-state index in [2.05, 4.69) is 5.32 Å². The molecule has 0 saturated carbocycles. The summed E-state index contributed by atoms with van der Waals surface area (Å²) in [5.74, 6) is 0.0932. The molecule has 0 aliphatic rings. The molecule has 0 aromatic heterocycles. The Labute approximate surface area is 140 Å². The number of sulfone groups is 1. The molecule has 122 valence electrons. The number of anilines is 1. The van der Waals surface area contributed by atoms with Gasteiger partial charge in [-0.15, -0.1) is 0 Å². The number of benzene rings is 2. The highest BCUT2D eigenvalue weighted by atomic mass is 35.5. The summed E-state index contributed by atoms with van der Waals surface area (Å²) in [6, 6.07) is 12.6. The van der Waals surface area contributed by atoms with E-state index in [9.17, 15) is 13.2 Å². The number of carbonyl (C=O) groups excluding carboxylic acids is 1. The molecule has 1 unspecified atom stereocenters. The standard InChI is InChI=1S/C16H16ClNO4S/c1-11(16(19)18-13-5-3-12(17)4-6-13)22-14-7-9-15(10-8-14)23(2,20)21/h3-11H,1-2H3,(H,18,19). The number of ether oxygens (including phenoxy) is 1. The Balaban J connectivity index is 1.99. The highest BCUT2D eigenvalue weighted by Crippen LogP contribution is 2.18. The summed E-state index contributed by atoms with van der Waals surface area (Å²) in [5.41, 5.74) is 0.613. The maximum Gasteiger partial charge on any atom is 0.265 e. The number of halogens is 1. The third kappa shape index (κ3) is 4.97. The Morgan fingerprint density at radius 3 is 2.17 bits per heavy atom. The molecule has 1 amide bonds. The molecule has 5 nitrogen and oxygen atoms in total. The average molecular weight is 354 g/mol. The zero-order valence-corrected chi connectivity index (χ0v) is 14.2. The van der Waals surface area contributed by atoms with E-state index >= 15 is 0 Å². The van der Waals surface area contributed by atoms with Gasteiger partial charge in [0.25, 0.3) is 5.91 Å². The fraction of sp³-hybridized carbons (Fsp3) is 0.188. The second-order valence-electron chi connectivity index (χ2n) is 5.00. The van der Waals surface area contributed by atoms with E-state index in [1.165, 1.54) is 24.3 Å². The fourth-order valence-corrected chi connectivity index (χ4v) is 2.56. The number of nitrogens with one attached hydrogen (secondary N) is 1. The smallest absolute Gasteiger partial charge is 0.265 e. The van der Waals surface area contributed by atoms with Crippen LogP contribution in [0.15, 0.2) is 53.4 Å². The van der Waals surface area contributed by atoms with E-state index in [0.29, 0.717) is 16.5 Å². The molecule has 1 N–H and O–H groups in total. The molecule has 2 aromatic carbocycles. The summed E-state index contributed by atoms with van der Waals surface area (Å²) in [4.78, 5) is 12.3. The maximum absolute atomic E-state index is 12.1. The number of hydrogen-bond donors (Lipinski definition) is 1. The van der Waals surface area contributed by atoms with Gasteiger partial charge >= 0.3 is 0 Å². The van der Waals surface area contributed by atoms with Crippen molar-refractivity contribution in [2.45, 2.75) is 17.9 Å². The summed E-state index contributed by atoms with van der Waals surface area (Å²) in [7, 11) is -3.25. The van der Waals surface area contributed by atoms with Crippen LogP contribution < -0.4 is 10.1 Å². The largest absolute Gasteiger partial charge is 0.481 e. The molecular formula is C16H16ClNO4S. The van der Waals surface area contributed by atoms with Crippen LogP contribution in [0.5, 0.6) is 5.75 Å². The molecule has 0 aliphatic heterocycles. The molecule has 1 atom stereocenters. The Kier molecular flexibility index (Phi) is 5.28. The van der Waals surface area contributed by atoms with Gasteiger partial charge < -0.3 is 10.1 Å². The van der Waals surface area contributed by atoms with E-state index in [1.54, 1.807) is 31.2 Å². The van der Waals surface area contributed by atoms with Gasteiger partial charge in [-0.2, -0.15) is 0 Å². The maximum atomic E-state index is 12.1. The van der Waals surface area contributed by atoms with Crippen LogP contribution in [0.4, 0.5) is 5.69 Å². The van der Waals surface area contributed by atoms with Crippen LogP contribution in [0.25, 0.3) is 0 Å². The van der Waals surface area contributed by atoms with E-state index in [-0.39, 0.29) is 10.8 Å². The average Bonchev–Trinajstić information content (AvgIpc) is 2.49. The Morgan fingerprint density at radius 2 is 1.65 bits per heavy atom. The molecule has 0 saturated heterocycles. The SMILES string of the molecule is CC(Oc1ccc(S(C)(=O)=O)cc1)C(=O)Nc1ccc(Cl)cc1. The van der Waals surface area contributed by atoms with Gasteiger partial charge in [-0.1, -0.05) is 11.6 Å². The van der Waals surface area contributed by atoms with Gasteiger partial charge in [-0.3, -0.25) is 4.79 Å². The van der Waals surface area contributed by atoms with Crippen LogP contribution in [-0.2, 0) is 14.6 Å². The first kappa shape index (κ1) is 17.3. The van der Waals surface area contributed by atoms with Crippen LogP contribution in [0.2, 0.25) is 5.02 Å². The minimum atomic E-state index is -3.25. The van der Waals surface area contributed by atoms with Crippen molar-refractivity contribution in [1.29, 1.82) is 0 Å². The first-order chi connectivity index (χ1) is 10.8. The molecule has 2 rings (SSSR count). The number of amides is 1. The summed E-state index contributed by atoms with van der Waals surface area (Å²) in [6.45, 7) is 1.61. The normalized spacial score (nSPS) is 12.5. The first-order valence-electron chi connectivity index (χ1n) is 6.79. The molecule has 0 heterocycles. The van der Waals surface area contributed by atoms with E-state index < -0.39 is 15.9 Å². The van der Waals surface area contributed by atoms with Crippen LogP contribution in [0.3, 0.4) is 0 Å². The predicted molar refractivity (Wildman–Crippen MR) is 89.7 cm³/mol. The number of rotatable bonds is 5. The van der Waals surface area contributed by atoms with Gasteiger partial charge in [0.1, 0.15) is 5.75 Å².